The Balaban J connectivity index is 1.40. The molecule has 0 radical (unpaired) electrons. The summed E-state index contributed by atoms with van der Waals surface area (Å²) in [6, 6.07) is 2.25. The van der Waals surface area contributed by atoms with Crippen molar-refractivity contribution in [2.45, 2.75) is 46.0 Å². The van der Waals surface area contributed by atoms with Crippen LogP contribution < -0.4 is 4.74 Å². The number of benzene rings is 4. The van der Waals surface area contributed by atoms with Gasteiger partial charge in [-0.2, -0.15) is 0 Å². The van der Waals surface area contributed by atoms with E-state index in [0.29, 0.717) is 30.3 Å². The van der Waals surface area contributed by atoms with Crippen LogP contribution in [-0.2, 0) is 33.3 Å². The number of fused-ring (bicyclic) bond motifs is 5. The van der Waals surface area contributed by atoms with Gasteiger partial charge in [0.05, 0.1) is 33.7 Å². The van der Waals surface area contributed by atoms with E-state index in [1.807, 2.05) is 0 Å². The number of aromatic hydroxyl groups is 11. The Kier molecular flexibility index (Phi) is 11.1. The molecule has 15 N–H and O–H groups in total. The smallest absolute Gasteiger partial charge is 0.339 e. The first-order valence-corrected chi connectivity index (χ1v) is 20.3. The van der Waals surface area contributed by atoms with Gasteiger partial charge in [-0.25, -0.2) is 24.0 Å². The molecule has 4 aromatic carbocycles. The number of esters is 5. The number of phenolic OH excluding ortho intramolecular Hbond substituents is 11. The van der Waals surface area contributed by atoms with Gasteiger partial charge in [-0.05, 0) is 59.0 Å². The first kappa shape index (κ1) is 47.3. The van der Waals surface area contributed by atoms with Crippen molar-refractivity contribution in [3.05, 3.63) is 69.8 Å². The highest BCUT2D eigenvalue weighted by molar-refractivity contribution is 14.1. The average molecular weight is 1080 g/mol. The molecule has 4 aliphatic rings. The minimum absolute atomic E-state index is 0.211. The van der Waals surface area contributed by atoms with Crippen molar-refractivity contribution in [2.75, 3.05) is 6.61 Å². The number of aliphatic hydroxyl groups is 4. The second kappa shape index (κ2) is 16.3. The van der Waals surface area contributed by atoms with Gasteiger partial charge in [0.15, 0.2) is 74.2 Å². The number of carbonyl (C=O) groups excluding carboxylic acids is 6. The van der Waals surface area contributed by atoms with Gasteiger partial charge in [0.25, 0.3) is 5.79 Å². The number of rotatable bonds is 3. The number of cyclic esters (lactones) is 2. The predicted molar refractivity (Wildman–Crippen MR) is 219 cm³/mol. The molecule has 28 heteroatoms. The van der Waals surface area contributed by atoms with Gasteiger partial charge in [-0.1, -0.05) is 0 Å². The molecule has 4 aromatic rings. The highest BCUT2D eigenvalue weighted by Crippen LogP contribution is 2.58. The van der Waals surface area contributed by atoms with E-state index >= 15 is 0 Å². The lowest BCUT2D eigenvalue weighted by molar-refractivity contribution is -0.339. The number of ketones is 1. The highest BCUT2D eigenvalue weighted by atomic mass is 127. The highest BCUT2D eigenvalue weighted by Gasteiger charge is 2.70. The van der Waals surface area contributed by atoms with Crippen LogP contribution in [0, 0.1) is 0 Å². The second-order valence-electron chi connectivity index (χ2n) is 15.3. The van der Waals surface area contributed by atoms with Gasteiger partial charge in [0.2, 0.25) is 23.0 Å². The molecule has 8 rings (SSSR count). The fourth-order valence-corrected chi connectivity index (χ4v) is 8.65. The molecule has 0 saturated carbocycles. The fourth-order valence-electron chi connectivity index (χ4n) is 7.86. The molecule has 69 heavy (non-hydrogen) atoms. The third-order valence-electron chi connectivity index (χ3n) is 11.2. The van der Waals surface area contributed by atoms with Crippen LogP contribution in [-0.4, -0.2) is 159 Å². The first-order chi connectivity index (χ1) is 32.2. The number of aliphatic hydroxyl groups excluding tert-OH is 1. The number of carbonyl (C=O) groups is 6. The average Bonchev–Trinajstić information content (AvgIpc) is 3.29. The van der Waals surface area contributed by atoms with E-state index in [0.717, 1.165) is 0 Å². The maximum absolute atomic E-state index is 14.7. The molecular weight excluding hydrogens is 1050 g/mol. The second-order valence-corrected chi connectivity index (χ2v) is 16.6. The minimum atomic E-state index is -4.03. The van der Waals surface area contributed by atoms with Crippen molar-refractivity contribution < 1.29 is 134 Å². The molecule has 0 amide bonds. The van der Waals surface area contributed by atoms with Crippen LogP contribution in [0.3, 0.4) is 0 Å². The molecule has 7 atom stereocenters. The Morgan fingerprint density at radius 3 is 1.70 bits per heavy atom. The molecule has 1 aliphatic carbocycles. The van der Waals surface area contributed by atoms with Gasteiger partial charge < -0.3 is 105 Å². The Morgan fingerprint density at radius 1 is 0.623 bits per heavy atom. The van der Waals surface area contributed by atoms with E-state index in [2.05, 4.69) is 0 Å². The van der Waals surface area contributed by atoms with Crippen molar-refractivity contribution >= 4 is 58.2 Å². The summed E-state index contributed by atoms with van der Waals surface area (Å²) in [5.41, 5.74) is -8.78. The molecule has 0 fully saturated rings. The topological polar surface area (TPSA) is 461 Å². The lowest BCUT2D eigenvalue weighted by atomic mass is 9.70. The third kappa shape index (κ3) is 7.18. The normalized spacial score (nSPS) is 24.3. The monoisotopic (exact) mass is 1080 g/mol. The lowest BCUT2D eigenvalue weighted by Crippen LogP contribution is -2.70. The number of ether oxygens (including phenoxy) is 6. The summed E-state index contributed by atoms with van der Waals surface area (Å²) >= 11 is 1.19. The number of halogens is 1. The standard InChI is InChI=1S/C41H29IO27/c42-34(68-35(56)8-1-13(43)24(50)14(44)2-8)33-32-30(65-39(60)12-6-19(49)41(63)40(61,62)23(12)22-11(38(59)67-33)5-17(47)27(53)31(22)69-41)18(48)7-64-36(57)9-3-15(45)25(51)28(54)20(9)21-10(37(58)66-32)4-16(46)26(52)29(21)55/h1-6,18,23,30,32-34,43-48,50-55,61-63H,7H2. The maximum atomic E-state index is 14.7. The Morgan fingerprint density at radius 2 is 1.12 bits per heavy atom. The fraction of sp³-hybridized carbons (Fsp3) is 0.220. The molecule has 27 nitrogen and oxygen atoms in total. The summed E-state index contributed by atoms with van der Waals surface area (Å²) < 4.78 is 30.4. The van der Waals surface area contributed by atoms with Crippen molar-refractivity contribution in [1.29, 1.82) is 0 Å². The molecule has 0 aromatic heterocycles. The molecule has 3 aliphatic heterocycles. The third-order valence-corrected chi connectivity index (χ3v) is 12.2. The largest absolute Gasteiger partial charge is 0.504 e. The Hall–Kier alpha value is -8.19. The zero-order chi connectivity index (χ0) is 50.7. The first-order valence-electron chi connectivity index (χ1n) is 19.1. The SMILES string of the molecule is O=C1OC2C(O)COC(=O)c3cc(O)c(O)c(O)c3-c3c(cc(O)c(O)c3O)C(=O)OC2C(C(I)OC(=O)c2cc(O)c(O)c(O)c2)OC(=O)c2cc(O)c(O)c3c2C2C1=CC(=O)C(O)(O3)C2(O)O. The van der Waals surface area contributed by atoms with Crippen molar-refractivity contribution in [1.82, 2.24) is 0 Å². The van der Waals surface area contributed by atoms with E-state index in [-0.39, 0.29) is 6.08 Å². The summed E-state index contributed by atoms with van der Waals surface area (Å²) in [4.78, 5) is 84.6. The van der Waals surface area contributed by atoms with E-state index in [1.165, 1.54) is 22.6 Å². The molecule has 2 bridgehead atoms. The summed E-state index contributed by atoms with van der Waals surface area (Å²) in [5.74, 6) is -37.2. The zero-order valence-electron chi connectivity index (χ0n) is 33.6. The van der Waals surface area contributed by atoms with Crippen LogP contribution in [0.4, 0.5) is 0 Å². The number of hydrogen-bond donors (Lipinski definition) is 15. The summed E-state index contributed by atoms with van der Waals surface area (Å²) in [5, 5.41) is 162. The molecule has 7 unspecified atom stereocenters. The zero-order valence-corrected chi connectivity index (χ0v) is 35.8. The predicted octanol–water partition coefficient (Wildman–Crippen LogP) is -0.704. The van der Waals surface area contributed by atoms with Gasteiger partial charge in [0, 0.05) is 16.7 Å². The summed E-state index contributed by atoms with van der Waals surface area (Å²) in [6.45, 7) is -1.48. The van der Waals surface area contributed by atoms with Crippen LogP contribution in [0.5, 0.6) is 69.0 Å². The minimum Gasteiger partial charge on any atom is -0.504 e. The van der Waals surface area contributed by atoms with Crippen molar-refractivity contribution in [3.8, 4) is 80.1 Å². The van der Waals surface area contributed by atoms with E-state index in [1.54, 1.807) is 0 Å². The van der Waals surface area contributed by atoms with Gasteiger partial charge in [0.1, 0.15) is 12.7 Å². The van der Waals surface area contributed by atoms with E-state index < -0.39 is 202 Å². The molecule has 362 valence electrons. The molecule has 0 spiro atoms. The quantitative estimate of drug-likeness (QED) is 0.0301. The van der Waals surface area contributed by atoms with E-state index in [9.17, 15) is 105 Å². The van der Waals surface area contributed by atoms with E-state index in [4.69, 9.17) is 28.4 Å². The summed E-state index contributed by atoms with van der Waals surface area (Å²) in [7, 11) is 0. The number of alkyl halides is 1. The van der Waals surface area contributed by atoms with Crippen LogP contribution >= 0.6 is 22.6 Å². The molecular formula is C41H29IO27. The number of phenols is 11. The molecule has 3 heterocycles. The van der Waals surface area contributed by atoms with Gasteiger partial charge >= 0.3 is 35.6 Å². The van der Waals surface area contributed by atoms with Crippen molar-refractivity contribution in [2.24, 2.45) is 0 Å². The lowest BCUT2D eigenvalue weighted by Gasteiger charge is -2.49. The van der Waals surface area contributed by atoms with Crippen LogP contribution in [0.25, 0.3) is 11.1 Å². The van der Waals surface area contributed by atoms with Crippen LogP contribution in [0.15, 0.2) is 42.0 Å². The van der Waals surface area contributed by atoms with Crippen LogP contribution in [0.2, 0.25) is 0 Å². The Labute approximate surface area is 393 Å². The Bertz CT molecular complexity index is 3010. The van der Waals surface area contributed by atoms with Gasteiger partial charge in [-0.15, -0.1) is 0 Å². The summed E-state index contributed by atoms with van der Waals surface area (Å²) in [6.07, 6.45) is -10.6. The molecule has 0 saturated heterocycles. The van der Waals surface area contributed by atoms with Gasteiger partial charge in [-0.3, -0.25) is 4.79 Å². The van der Waals surface area contributed by atoms with Crippen LogP contribution in [0.1, 0.15) is 52.9 Å². The van der Waals surface area contributed by atoms with Crippen molar-refractivity contribution in [3.63, 3.8) is 0 Å². The number of hydrogen-bond acceptors (Lipinski definition) is 27. The maximum Gasteiger partial charge on any atom is 0.339 e.